The third-order valence-corrected chi connectivity index (χ3v) is 3.68. The zero-order chi connectivity index (χ0) is 9.90. The Hall–Kier alpha value is -0.0800. The Morgan fingerprint density at radius 1 is 1.38 bits per heavy atom. The first-order valence-corrected chi connectivity index (χ1v) is 5.60. The van der Waals surface area contributed by atoms with Gasteiger partial charge in [-0.3, -0.25) is 0 Å². The molecule has 1 unspecified atom stereocenters. The number of nitrogens with two attached hydrogens (primary N) is 1. The van der Waals surface area contributed by atoms with Gasteiger partial charge >= 0.3 is 0 Å². The number of hydrogen-bond donors (Lipinski definition) is 2. The third-order valence-electron chi connectivity index (χ3n) is 3.68. The summed E-state index contributed by atoms with van der Waals surface area (Å²) in [5, 5.41) is 10.2. The molecule has 78 valence electrons. The van der Waals surface area contributed by atoms with Gasteiger partial charge in [0.25, 0.3) is 0 Å². The second-order valence-electron chi connectivity index (χ2n) is 4.47. The van der Waals surface area contributed by atoms with Crippen molar-refractivity contribution in [3.63, 3.8) is 0 Å². The molecule has 0 radical (unpaired) electrons. The average Bonchev–Trinajstić information content (AvgIpc) is 2.18. The summed E-state index contributed by atoms with van der Waals surface area (Å²) in [6.45, 7) is 4.28. The van der Waals surface area contributed by atoms with E-state index in [9.17, 15) is 5.11 Å². The number of hydrogen-bond acceptors (Lipinski definition) is 2. The molecule has 0 bridgehead atoms. The van der Waals surface area contributed by atoms with Crippen LogP contribution in [0.5, 0.6) is 0 Å². The predicted molar refractivity (Wildman–Crippen MR) is 55.5 cm³/mol. The van der Waals surface area contributed by atoms with Crippen molar-refractivity contribution in [3.05, 3.63) is 0 Å². The fourth-order valence-electron chi connectivity index (χ4n) is 2.34. The molecule has 1 aliphatic carbocycles. The van der Waals surface area contributed by atoms with Crippen LogP contribution in [0.25, 0.3) is 0 Å². The highest BCUT2D eigenvalue weighted by Gasteiger charge is 2.36. The summed E-state index contributed by atoms with van der Waals surface area (Å²) in [5.74, 6) is 0.823. The zero-order valence-electron chi connectivity index (χ0n) is 8.92. The van der Waals surface area contributed by atoms with Crippen LogP contribution >= 0.6 is 0 Å². The normalized spacial score (nSPS) is 37.4. The quantitative estimate of drug-likeness (QED) is 0.707. The molecule has 2 nitrogen and oxygen atoms in total. The maximum absolute atomic E-state index is 10.2. The average molecular weight is 185 g/mol. The van der Waals surface area contributed by atoms with Gasteiger partial charge in [0.2, 0.25) is 0 Å². The molecule has 1 aliphatic rings. The van der Waals surface area contributed by atoms with E-state index < -0.39 is 5.60 Å². The van der Waals surface area contributed by atoms with Gasteiger partial charge in [-0.15, -0.1) is 0 Å². The first kappa shape index (κ1) is 11.0. The highest BCUT2D eigenvalue weighted by molar-refractivity contribution is 4.92. The lowest BCUT2D eigenvalue weighted by Crippen LogP contribution is -2.49. The van der Waals surface area contributed by atoms with Crippen molar-refractivity contribution in [2.75, 3.05) is 0 Å². The fourth-order valence-corrected chi connectivity index (χ4v) is 2.34. The van der Waals surface area contributed by atoms with Gasteiger partial charge in [0.1, 0.15) is 0 Å². The minimum absolute atomic E-state index is 0.0229. The van der Waals surface area contributed by atoms with Crippen LogP contribution in [0.1, 0.15) is 52.4 Å². The van der Waals surface area contributed by atoms with Crippen LogP contribution in [0.15, 0.2) is 0 Å². The Kier molecular flexibility index (Phi) is 3.74. The molecule has 1 rings (SSSR count). The highest BCUT2D eigenvalue weighted by atomic mass is 16.3. The summed E-state index contributed by atoms with van der Waals surface area (Å²) in [7, 11) is 0. The van der Waals surface area contributed by atoms with Crippen LogP contribution in [-0.4, -0.2) is 16.7 Å². The number of rotatable bonds is 3. The molecule has 0 amide bonds. The first-order chi connectivity index (χ1) is 6.12. The van der Waals surface area contributed by atoms with Crippen LogP contribution in [-0.2, 0) is 0 Å². The molecule has 0 aliphatic heterocycles. The molecular formula is C11H23NO. The van der Waals surface area contributed by atoms with Gasteiger partial charge < -0.3 is 10.8 Å². The molecular weight excluding hydrogens is 162 g/mol. The van der Waals surface area contributed by atoms with Crippen molar-refractivity contribution in [2.45, 2.75) is 64.0 Å². The molecule has 0 aromatic rings. The van der Waals surface area contributed by atoms with E-state index in [0.29, 0.717) is 0 Å². The van der Waals surface area contributed by atoms with Gasteiger partial charge in [-0.2, -0.15) is 0 Å². The van der Waals surface area contributed by atoms with Crippen molar-refractivity contribution in [1.29, 1.82) is 0 Å². The summed E-state index contributed by atoms with van der Waals surface area (Å²) in [5.41, 5.74) is 5.36. The summed E-state index contributed by atoms with van der Waals surface area (Å²) in [6.07, 6.45) is 6.24. The smallest absolute Gasteiger partial charge is 0.0798 e. The van der Waals surface area contributed by atoms with E-state index in [-0.39, 0.29) is 6.04 Å². The van der Waals surface area contributed by atoms with Crippen molar-refractivity contribution in [1.82, 2.24) is 0 Å². The van der Waals surface area contributed by atoms with E-state index >= 15 is 0 Å². The van der Waals surface area contributed by atoms with Gasteiger partial charge in [-0.25, -0.2) is 0 Å². The van der Waals surface area contributed by atoms with E-state index in [1.54, 1.807) is 0 Å². The minimum atomic E-state index is -0.555. The molecule has 13 heavy (non-hydrogen) atoms. The first-order valence-electron chi connectivity index (χ1n) is 5.60. The van der Waals surface area contributed by atoms with Gasteiger partial charge in [0.05, 0.1) is 5.60 Å². The molecule has 0 heterocycles. The van der Waals surface area contributed by atoms with Crippen LogP contribution < -0.4 is 5.73 Å². The molecule has 1 atom stereocenters. The Bertz CT molecular complexity index is 150. The van der Waals surface area contributed by atoms with Gasteiger partial charge in [-0.05, 0) is 38.0 Å². The molecule has 0 spiro atoms. The van der Waals surface area contributed by atoms with Crippen LogP contribution in [0, 0.1) is 5.92 Å². The minimum Gasteiger partial charge on any atom is -0.388 e. The monoisotopic (exact) mass is 185 g/mol. The Balaban J connectivity index is 2.46. The van der Waals surface area contributed by atoms with Crippen molar-refractivity contribution in [2.24, 2.45) is 11.7 Å². The molecule has 0 aromatic heterocycles. The third kappa shape index (κ3) is 2.44. The van der Waals surface area contributed by atoms with E-state index in [1.165, 1.54) is 6.42 Å². The highest BCUT2D eigenvalue weighted by Crippen LogP contribution is 2.35. The maximum Gasteiger partial charge on any atom is 0.0798 e. The second-order valence-corrected chi connectivity index (χ2v) is 4.47. The molecule has 0 saturated heterocycles. The fraction of sp³-hybridized carbons (Fsp3) is 1.00. The van der Waals surface area contributed by atoms with E-state index in [2.05, 4.69) is 13.8 Å². The summed E-state index contributed by atoms with van der Waals surface area (Å²) in [6, 6.07) is -0.0229. The summed E-state index contributed by atoms with van der Waals surface area (Å²) < 4.78 is 0. The maximum atomic E-state index is 10.2. The lowest BCUT2D eigenvalue weighted by Gasteiger charge is -2.39. The van der Waals surface area contributed by atoms with E-state index in [0.717, 1.165) is 38.0 Å². The SMILES string of the molecule is CCC1CCC(O)(C(N)CC)CC1. The van der Waals surface area contributed by atoms with Crippen molar-refractivity contribution >= 4 is 0 Å². The second kappa shape index (κ2) is 4.43. The molecule has 3 N–H and O–H groups in total. The Morgan fingerprint density at radius 2 is 1.92 bits per heavy atom. The largest absolute Gasteiger partial charge is 0.388 e. The zero-order valence-corrected chi connectivity index (χ0v) is 8.92. The van der Waals surface area contributed by atoms with E-state index in [1.807, 2.05) is 0 Å². The lowest BCUT2D eigenvalue weighted by atomic mass is 9.74. The van der Waals surface area contributed by atoms with E-state index in [4.69, 9.17) is 5.73 Å². The number of aliphatic hydroxyl groups is 1. The predicted octanol–water partition coefficient (Wildman–Crippen LogP) is 2.05. The van der Waals surface area contributed by atoms with Crippen molar-refractivity contribution < 1.29 is 5.11 Å². The Labute approximate surface area is 81.5 Å². The van der Waals surface area contributed by atoms with Crippen molar-refractivity contribution in [3.8, 4) is 0 Å². The summed E-state index contributed by atoms with van der Waals surface area (Å²) in [4.78, 5) is 0. The molecule has 2 heteroatoms. The summed E-state index contributed by atoms with van der Waals surface area (Å²) >= 11 is 0. The van der Waals surface area contributed by atoms with Crippen LogP contribution in [0.3, 0.4) is 0 Å². The van der Waals surface area contributed by atoms with Crippen LogP contribution in [0.4, 0.5) is 0 Å². The topological polar surface area (TPSA) is 46.2 Å². The molecule has 0 aromatic carbocycles. The standard InChI is InChI=1S/C11H23NO/c1-3-9-5-7-11(13,8-6-9)10(12)4-2/h9-10,13H,3-8,12H2,1-2H3. The van der Waals surface area contributed by atoms with Gasteiger partial charge in [0.15, 0.2) is 0 Å². The van der Waals surface area contributed by atoms with Gasteiger partial charge in [0, 0.05) is 6.04 Å². The lowest BCUT2D eigenvalue weighted by molar-refractivity contribution is -0.0322. The van der Waals surface area contributed by atoms with Crippen LogP contribution in [0.2, 0.25) is 0 Å². The Morgan fingerprint density at radius 3 is 2.31 bits per heavy atom. The van der Waals surface area contributed by atoms with Gasteiger partial charge in [-0.1, -0.05) is 20.3 Å². The molecule has 1 fully saturated rings. The molecule has 1 saturated carbocycles.